The minimum atomic E-state index is -0.350. The highest BCUT2D eigenvalue weighted by Crippen LogP contribution is 2.11. The van der Waals surface area contributed by atoms with Crippen molar-refractivity contribution in [1.82, 2.24) is 4.98 Å². The van der Waals surface area contributed by atoms with Crippen molar-refractivity contribution in [3.8, 4) is 0 Å². The third-order valence-corrected chi connectivity index (χ3v) is 3.01. The number of nitrogens with zero attached hydrogens (tertiary/aromatic N) is 2. The minimum absolute atomic E-state index is 0.185. The van der Waals surface area contributed by atoms with Crippen LogP contribution in [0.2, 0.25) is 0 Å². The van der Waals surface area contributed by atoms with Crippen molar-refractivity contribution in [2.24, 2.45) is 4.99 Å². The summed E-state index contributed by atoms with van der Waals surface area (Å²) in [4.78, 5) is 20.4. The Balaban J connectivity index is 1.58. The van der Waals surface area contributed by atoms with Gasteiger partial charge in [-0.3, -0.25) is 4.98 Å². The van der Waals surface area contributed by atoms with Crippen LogP contribution in [0.3, 0.4) is 0 Å². The first-order valence-electron chi connectivity index (χ1n) is 6.67. The van der Waals surface area contributed by atoms with Gasteiger partial charge in [0.05, 0.1) is 5.56 Å². The molecule has 2 aromatic rings. The molecule has 1 aliphatic heterocycles. The van der Waals surface area contributed by atoms with Crippen molar-refractivity contribution < 1.29 is 14.3 Å². The smallest absolute Gasteiger partial charge is 0.338 e. The Morgan fingerprint density at radius 2 is 2.00 bits per heavy atom. The topological polar surface area (TPSA) is 60.8 Å². The maximum Gasteiger partial charge on any atom is 0.338 e. The first kappa shape index (κ1) is 13.3. The number of ether oxygens (including phenoxy) is 2. The average Bonchev–Trinajstić information content (AvgIpc) is 3.03. The monoisotopic (exact) mass is 282 g/mol. The van der Waals surface area contributed by atoms with Crippen molar-refractivity contribution in [2.75, 3.05) is 13.2 Å². The van der Waals surface area contributed by atoms with Crippen LogP contribution in [0.15, 0.2) is 59.7 Å². The van der Waals surface area contributed by atoms with Gasteiger partial charge in [0.2, 0.25) is 5.90 Å². The lowest BCUT2D eigenvalue weighted by Gasteiger charge is -2.06. The van der Waals surface area contributed by atoms with Crippen LogP contribution in [0.5, 0.6) is 0 Å². The Kier molecular flexibility index (Phi) is 3.91. The molecule has 0 saturated carbocycles. The summed E-state index contributed by atoms with van der Waals surface area (Å²) in [7, 11) is 0. The number of benzene rings is 1. The van der Waals surface area contributed by atoms with E-state index in [1.807, 2.05) is 24.3 Å². The number of pyridine rings is 1. The summed E-state index contributed by atoms with van der Waals surface area (Å²) >= 11 is 0. The van der Waals surface area contributed by atoms with Crippen molar-refractivity contribution in [1.29, 1.82) is 0 Å². The Morgan fingerprint density at radius 1 is 1.19 bits per heavy atom. The van der Waals surface area contributed by atoms with E-state index in [-0.39, 0.29) is 18.6 Å². The molecular formula is C16H14N2O3. The van der Waals surface area contributed by atoms with Gasteiger partial charge in [-0.05, 0) is 24.3 Å². The van der Waals surface area contributed by atoms with Gasteiger partial charge in [-0.25, -0.2) is 9.79 Å². The van der Waals surface area contributed by atoms with Gasteiger partial charge in [-0.1, -0.05) is 24.3 Å². The van der Waals surface area contributed by atoms with Gasteiger partial charge in [0, 0.05) is 6.20 Å². The van der Waals surface area contributed by atoms with Gasteiger partial charge in [0.25, 0.3) is 0 Å². The molecule has 1 aliphatic rings. The highest BCUT2D eigenvalue weighted by molar-refractivity contribution is 5.93. The Labute approximate surface area is 122 Å². The quantitative estimate of drug-likeness (QED) is 0.806. The number of aliphatic imine (C=N–C) groups is 1. The zero-order valence-corrected chi connectivity index (χ0v) is 11.3. The average molecular weight is 282 g/mol. The molecule has 2 heterocycles. The zero-order valence-electron chi connectivity index (χ0n) is 11.3. The molecule has 21 heavy (non-hydrogen) atoms. The van der Waals surface area contributed by atoms with E-state index in [9.17, 15) is 4.79 Å². The fourth-order valence-electron chi connectivity index (χ4n) is 1.96. The molecule has 0 aliphatic carbocycles. The third-order valence-electron chi connectivity index (χ3n) is 3.01. The second-order valence-corrected chi connectivity index (χ2v) is 4.58. The molecule has 3 rings (SSSR count). The molecule has 0 N–H and O–H groups in total. The number of esters is 1. The second kappa shape index (κ2) is 6.17. The molecule has 0 spiro atoms. The molecule has 1 atom stereocenters. The second-order valence-electron chi connectivity index (χ2n) is 4.58. The maximum atomic E-state index is 11.8. The van der Waals surface area contributed by atoms with Crippen LogP contribution >= 0.6 is 0 Å². The van der Waals surface area contributed by atoms with Gasteiger partial charge < -0.3 is 9.47 Å². The van der Waals surface area contributed by atoms with E-state index in [0.29, 0.717) is 23.8 Å². The molecule has 5 heteroatoms. The van der Waals surface area contributed by atoms with Crippen LogP contribution in [-0.4, -0.2) is 36.1 Å². The van der Waals surface area contributed by atoms with Crippen LogP contribution in [0, 0.1) is 0 Å². The summed E-state index contributed by atoms with van der Waals surface area (Å²) in [5.74, 6) is 0.147. The standard InChI is InChI=1S/C16H14N2O3/c19-16(12-6-2-1-3-7-12)21-11-13-10-20-15(18-13)14-8-4-5-9-17-14/h1-9,13H,10-11H2/t13-/m0/s1. The van der Waals surface area contributed by atoms with E-state index in [0.717, 1.165) is 0 Å². The van der Waals surface area contributed by atoms with Gasteiger partial charge in [0.1, 0.15) is 24.9 Å². The predicted octanol–water partition coefficient (Wildman–Crippen LogP) is 2.08. The highest BCUT2D eigenvalue weighted by Gasteiger charge is 2.22. The maximum absolute atomic E-state index is 11.8. The fourth-order valence-corrected chi connectivity index (χ4v) is 1.96. The normalized spacial score (nSPS) is 17.0. The summed E-state index contributed by atoms with van der Waals surface area (Å²) in [6.45, 7) is 0.595. The molecule has 1 aromatic heterocycles. The largest absolute Gasteiger partial charge is 0.474 e. The number of rotatable bonds is 4. The first-order valence-corrected chi connectivity index (χ1v) is 6.67. The molecule has 106 valence electrons. The summed E-state index contributed by atoms with van der Waals surface area (Å²) in [6.07, 6.45) is 1.68. The summed E-state index contributed by atoms with van der Waals surface area (Å²) in [5.41, 5.74) is 1.22. The lowest BCUT2D eigenvalue weighted by atomic mass is 10.2. The van der Waals surface area contributed by atoms with E-state index >= 15 is 0 Å². The summed E-state index contributed by atoms with van der Waals surface area (Å²) in [5, 5.41) is 0. The van der Waals surface area contributed by atoms with Crippen molar-refractivity contribution >= 4 is 11.9 Å². The van der Waals surface area contributed by atoms with Crippen LogP contribution in [0.25, 0.3) is 0 Å². The van der Waals surface area contributed by atoms with Crippen LogP contribution < -0.4 is 0 Å². The lowest BCUT2D eigenvalue weighted by molar-refractivity contribution is 0.0472. The molecule has 0 amide bonds. The van der Waals surface area contributed by atoms with Crippen molar-refractivity contribution in [3.05, 3.63) is 66.0 Å². The van der Waals surface area contributed by atoms with E-state index in [1.165, 1.54) is 0 Å². The molecule has 1 aromatic carbocycles. The molecule has 0 saturated heterocycles. The lowest BCUT2D eigenvalue weighted by Crippen LogP contribution is -2.18. The zero-order chi connectivity index (χ0) is 14.5. The Morgan fingerprint density at radius 3 is 2.76 bits per heavy atom. The predicted molar refractivity (Wildman–Crippen MR) is 77.2 cm³/mol. The third kappa shape index (κ3) is 3.25. The number of carbonyl (C=O) groups is 1. The number of hydrogen-bond acceptors (Lipinski definition) is 5. The number of hydrogen-bond donors (Lipinski definition) is 0. The SMILES string of the molecule is O=C(OC[C@@H]1COC(c2ccccn2)=N1)c1ccccc1. The van der Waals surface area contributed by atoms with Gasteiger partial charge >= 0.3 is 5.97 Å². The molecule has 5 nitrogen and oxygen atoms in total. The van der Waals surface area contributed by atoms with Crippen molar-refractivity contribution in [2.45, 2.75) is 6.04 Å². The van der Waals surface area contributed by atoms with Crippen LogP contribution in [0.4, 0.5) is 0 Å². The van der Waals surface area contributed by atoms with Crippen molar-refractivity contribution in [3.63, 3.8) is 0 Å². The number of aromatic nitrogens is 1. The first-order chi connectivity index (χ1) is 10.3. The minimum Gasteiger partial charge on any atom is -0.474 e. The molecule has 0 fully saturated rings. The summed E-state index contributed by atoms with van der Waals surface area (Å²) < 4.78 is 10.7. The van der Waals surface area contributed by atoms with Crippen LogP contribution in [-0.2, 0) is 9.47 Å². The Bertz CT molecular complexity index is 641. The molecular weight excluding hydrogens is 268 g/mol. The molecule has 0 bridgehead atoms. The molecule has 0 unspecified atom stereocenters. The van der Waals surface area contributed by atoms with E-state index in [2.05, 4.69) is 9.98 Å². The fraction of sp³-hybridized carbons (Fsp3) is 0.188. The van der Waals surface area contributed by atoms with E-state index in [4.69, 9.17) is 9.47 Å². The van der Waals surface area contributed by atoms with Gasteiger partial charge in [0.15, 0.2) is 0 Å². The molecule has 0 radical (unpaired) electrons. The van der Waals surface area contributed by atoms with Gasteiger partial charge in [-0.2, -0.15) is 0 Å². The van der Waals surface area contributed by atoms with Crippen LogP contribution in [0.1, 0.15) is 16.1 Å². The highest BCUT2D eigenvalue weighted by atomic mass is 16.5. The van der Waals surface area contributed by atoms with E-state index < -0.39 is 0 Å². The Hall–Kier alpha value is -2.69. The number of carbonyl (C=O) groups excluding carboxylic acids is 1. The summed E-state index contributed by atoms with van der Waals surface area (Å²) in [6, 6.07) is 14.2. The van der Waals surface area contributed by atoms with Gasteiger partial charge in [-0.15, -0.1) is 0 Å². The van der Waals surface area contributed by atoms with E-state index in [1.54, 1.807) is 30.5 Å².